The van der Waals surface area contributed by atoms with E-state index < -0.39 is 17.3 Å². The third-order valence-electron chi connectivity index (χ3n) is 2.21. The number of nitrogens with zero attached hydrogens (tertiary/aromatic N) is 2. The highest BCUT2D eigenvalue weighted by molar-refractivity contribution is 6.30. The molecule has 0 aliphatic heterocycles. The van der Waals surface area contributed by atoms with Gasteiger partial charge in [-0.1, -0.05) is 11.6 Å². The minimum absolute atomic E-state index is 0.170. The Balaban J connectivity index is 2.44. The molecule has 2 rings (SSSR count). The summed E-state index contributed by atoms with van der Waals surface area (Å²) in [6.07, 6.45) is -3.17. The highest BCUT2D eigenvalue weighted by atomic mass is 35.5. The zero-order chi connectivity index (χ0) is 13.3. The van der Waals surface area contributed by atoms with Crippen molar-refractivity contribution in [1.29, 1.82) is 0 Å². The summed E-state index contributed by atoms with van der Waals surface area (Å²) in [7, 11) is 0. The Kier molecular flexibility index (Phi) is 3.13. The van der Waals surface area contributed by atoms with E-state index in [9.17, 15) is 18.0 Å². The van der Waals surface area contributed by atoms with Crippen LogP contribution >= 0.6 is 11.6 Å². The van der Waals surface area contributed by atoms with Crippen LogP contribution in [0.1, 0.15) is 5.56 Å². The number of rotatable bonds is 1. The molecule has 0 N–H and O–H groups in total. The monoisotopic (exact) mass is 274 g/mol. The van der Waals surface area contributed by atoms with Gasteiger partial charge in [0, 0.05) is 6.07 Å². The molecule has 1 heterocycles. The highest BCUT2D eigenvalue weighted by Crippen LogP contribution is 2.29. The van der Waals surface area contributed by atoms with Crippen LogP contribution in [0, 0.1) is 0 Å². The molecule has 0 saturated carbocycles. The number of hydrogen-bond acceptors (Lipinski definition) is 2. The molecule has 2 aromatic rings. The number of benzene rings is 1. The van der Waals surface area contributed by atoms with Crippen LogP contribution in [0.25, 0.3) is 5.69 Å². The Morgan fingerprint density at radius 3 is 2.28 bits per heavy atom. The van der Waals surface area contributed by atoms with E-state index in [0.717, 1.165) is 22.9 Å². The molecule has 1 aromatic heterocycles. The van der Waals surface area contributed by atoms with Gasteiger partial charge in [-0.2, -0.15) is 23.0 Å². The van der Waals surface area contributed by atoms with Gasteiger partial charge < -0.3 is 0 Å². The Morgan fingerprint density at radius 1 is 1.17 bits per heavy atom. The average Bonchev–Trinajstić information content (AvgIpc) is 2.28. The van der Waals surface area contributed by atoms with Gasteiger partial charge in [-0.25, -0.2) is 0 Å². The maximum atomic E-state index is 12.4. The first-order valence-corrected chi connectivity index (χ1v) is 5.18. The van der Waals surface area contributed by atoms with Gasteiger partial charge in [-0.3, -0.25) is 4.79 Å². The van der Waals surface area contributed by atoms with Crippen molar-refractivity contribution >= 4 is 11.6 Å². The van der Waals surface area contributed by atoms with Crippen molar-refractivity contribution in [1.82, 2.24) is 9.78 Å². The second-order valence-electron chi connectivity index (χ2n) is 3.47. The lowest BCUT2D eigenvalue weighted by Crippen LogP contribution is -2.19. The fourth-order valence-electron chi connectivity index (χ4n) is 1.37. The van der Waals surface area contributed by atoms with Gasteiger partial charge in [0.2, 0.25) is 0 Å². The normalized spacial score (nSPS) is 11.6. The molecule has 94 valence electrons. The fraction of sp³-hybridized carbons (Fsp3) is 0.0909. The van der Waals surface area contributed by atoms with E-state index in [1.165, 1.54) is 18.3 Å². The molecule has 1 aromatic carbocycles. The van der Waals surface area contributed by atoms with Crippen LogP contribution in [0.5, 0.6) is 0 Å². The number of aromatic nitrogens is 2. The molecule has 0 radical (unpaired) electrons. The van der Waals surface area contributed by atoms with E-state index in [-0.39, 0.29) is 10.7 Å². The Morgan fingerprint density at radius 2 is 1.78 bits per heavy atom. The van der Waals surface area contributed by atoms with Crippen LogP contribution < -0.4 is 5.56 Å². The molecule has 0 amide bonds. The fourth-order valence-corrected chi connectivity index (χ4v) is 1.51. The van der Waals surface area contributed by atoms with Crippen LogP contribution in [0.4, 0.5) is 13.2 Å². The Hall–Kier alpha value is -1.82. The maximum Gasteiger partial charge on any atom is 0.416 e. The van der Waals surface area contributed by atoms with E-state index in [1.807, 2.05) is 0 Å². The van der Waals surface area contributed by atoms with Gasteiger partial charge in [0.05, 0.1) is 22.5 Å². The zero-order valence-corrected chi connectivity index (χ0v) is 9.53. The summed E-state index contributed by atoms with van der Waals surface area (Å²) in [6, 6.07) is 5.25. The number of alkyl halides is 3. The van der Waals surface area contributed by atoms with E-state index in [4.69, 9.17) is 11.6 Å². The number of hydrogen-bond donors (Lipinski definition) is 0. The smallest absolute Gasteiger partial charge is 0.267 e. The second-order valence-corrected chi connectivity index (χ2v) is 3.90. The summed E-state index contributed by atoms with van der Waals surface area (Å²) in [4.78, 5) is 11.5. The van der Waals surface area contributed by atoms with Crippen LogP contribution in [0.3, 0.4) is 0 Å². The summed E-state index contributed by atoms with van der Waals surface area (Å²) < 4.78 is 38.0. The number of halogens is 4. The second kappa shape index (κ2) is 4.45. The zero-order valence-electron chi connectivity index (χ0n) is 8.78. The first-order chi connectivity index (χ1) is 8.38. The van der Waals surface area contributed by atoms with Crippen molar-refractivity contribution in [3.8, 4) is 5.69 Å². The van der Waals surface area contributed by atoms with Crippen molar-refractivity contribution in [3.05, 3.63) is 57.5 Å². The van der Waals surface area contributed by atoms with E-state index >= 15 is 0 Å². The summed E-state index contributed by atoms with van der Waals surface area (Å²) in [6.45, 7) is 0. The average molecular weight is 275 g/mol. The van der Waals surface area contributed by atoms with Crippen molar-refractivity contribution in [2.75, 3.05) is 0 Å². The molecule has 0 unspecified atom stereocenters. The first-order valence-electron chi connectivity index (χ1n) is 4.80. The summed E-state index contributed by atoms with van der Waals surface area (Å²) in [5, 5.41) is 3.90. The topological polar surface area (TPSA) is 34.9 Å². The molecule has 0 aliphatic carbocycles. The Labute approximate surface area is 104 Å². The van der Waals surface area contributed by atoms with Gasteiger partial charge in [-0.05, 0) is 24.3 Å². The van der Waals surface area contributed by atoms with Gasteiger partial charge in [0.1, 0.15) is 0 Å². The van der Waals surface area contributed by atoms with Gasteiger partial charge in [-0.15, -0.1) is 0 Å². The van der Waals surface area contributed by atoms with E-state index in [0.29, 0.717) is 0 Å². The quantitative estimate of drug-likeness (QED) is 0.801. The van der Waals surface area contributed by atoms with E-state index in [1.54, 1.807) is 0 Å². The molecule has 18 heavy (non-hydrogen) atoms. The Bertz CT molecular complexity index is 619. The van der Waals surface area contributed by atoms with Crippen molar-refractivity contribution in [3.63, 3.8) is 0 Å². The first kappa shape index (κ1) is 12.6. The lowest BCUT2D eigenvalue weighted by molar-refractivity contribution is -0.137. The van der Waals surface area contributed by atoms with Gasteiger partial charge in [0.25, 0.3) is 5.56 Å². The molecule has 0 atom stereocenters. The highest BCUT2D eigenvalue weighted by Gasteiger charge is 2.30. The van der Waals surface area contributed by atoms with Crippen molar-refractivity contribution in [2.45, 2.75) is 6.18 Å². The predicted octanol–water partition coefficient (Wildman–Crippen LogP) is 2.90. The summed E-state index contributed by atoms with van der Waals surface area (Å²) >= 11 is 5.56. The van der Waals surface area contributed by atoms with Crippen LogP contribution in [0.2, 0.25) is 5.02 Å². The SMILES string of the molecule is O=c1cc(Cl)cnn1-c1ccc(C(F)(F)F)cc1. The lowest BCUT2D eigenvalue weighted by atomic mass is 10.2. The van der Waals surface area contributed by atoms with Crippen LogP contribution in [0.15, 0.2) is 41.3 Å². The minimum Gasteiger partial charge on any atom is -0.267 e. The lowest BCUT2D eigenvalue weighted by Gasteiger charge is -2.08. The third kappa shape index (κ3) is 2.53. The third-order valence-corrected chi connectivity index (χ3v) is 2.41. The molecule has 0 saturated heterocycles. The molecule has 0 bridgehead atoms. The maximum absolute atomic E-state index is 12.4. The molecule has 0 spiro atoms. The molecule has 0 fully saturated rings. The molecule has 7 heteroatoms. The standard InChI is InChI=1S/C11H6ClF3N2O/c12-8-5-10(18)17(16-6-8)9-3-1-7(2-4-9)11(13,14)15/h1-6H. The predicted molar refractivity (Wildman–Crippen MR) is 59.8 cm³/mol. The van der Waals surface area contributed by atoms with E-state index in [2.05, 4.69) is 5.10 Å². The molecular weight excluding hydrogens is 269 g/mol. The minimum atomic E-state index is -4.41. The summed E-state index contributed by atoms with van der Waals surface area (Å²) in [5.74, 6) is 0. The van der Waals surface area contributed by atoms with Crippen molar-refractivity contribution < 1.29 is 13.2 Å². The summed E-state index contributed by atoms with van der Waals surface area (Å²) in [5.41, 5.74) is -1.06. The van der Waals surface area contributed by atoms with Crippen LogP contribution in [-0.4, -0.2) is 9.78 Å². The van der Waals surface area contributed by atoms with Gasteiger partial charge in [0.15, 0.2) is 0 Å². The largest absolute Gasteiger partial charge is 0.416 e. The molecular formula is C11H6ClF3N2O. The van der Waals surface area contributed by atoms with Gasteiger partial charge >= 0.3 is 6.18 Å². The molecule has 3 nitrogen and oxygen atoms in total. The van der Waals surface area contributed by atoms with Crippen LogP contribution in [-0.2, 0) is 6.18 Å². The van der Waals surface area contributed by atoms with Crippen molar-refractivity contribution in [2.24, 2.45) is 0 Å². The molecule has 0 aliphatic rings.